The van der Waals surface area contributed by atoms with Crippen molar-refractivity contribution in [3.63, 3.8) is 0 Å². The van der Waals surface area contributed by atoms with Gasteiger partial charge in [-0.3, -0.25) is 0 Å². The lowest BCUT2D eigenvalue weighted by Crippen LogP contribution is -2.44. The van der Waals surface area contributed by atoms with Crippen LogP contribution in [0.1, 0.15) is 0 Å². The van der Waals surface area contributed by atoms with Crippen molar-refractivity contribution >= 4 is 17.8 Å². The Kier molecular flexibility index (Phi) is 3.78. The molecule has 2 rings (SSSR count). The Balaban J connectivity index is 1.86. The highest BCUT2D eigenvalue weighted by Gasteiger charge is 2.33. The molecule has 3 nitrogen and oxygen atoms in total. The number of pyridine rings is 1. The van der Waals surface area contributed by atoms with Gasteiger partial charge in [-0.15, -0.1) is 0 Å². The zero-order valence-electron chi connectivity index (χ0n) is 9.02. The summed E-state index contributed by atoms with van der Waals surface area (Å²) in [7, 11) is 0. The van der Waals surface area contributed by atoms with Crippen LogP contribution in [0.5, 0.6) is 0 Å². The van der Waals surface area contributed by atoms with Crippen LogP contribution in [0.3, 0.4) is 0 Å². The van der Waals surface area contributed by atoms with Crippen LogP contribution in [0.4, 0.5) is 19.0 Å². The van der Waals surface area contributed by atoms with Gasteiger partial charge in [0.05, 0.1) is 0 Å². The summed E-state index contributed by atoms with van der Waals surface area (Å²) in [5.74, 6) is 0.823. The third kappa shape index (κ3) is 3.78. The lowest BCUT2D eigenvalue weighted by atomic mass is 10.3. The second kappa shape index (κ2) is 5.14. The van der Waals surface area contributed by atoms with Crippen molar-refractivity contribution in [3.8, 4) is 0 Å². The fraction of sp³-hybridized carbons (Fsp3) is 0.500. The smallest absolute Gasteiger partial charge is 0.354 e. The summed E-state index contributed by atoms with van der Waals surface area (Å²) in [6, 6.07) is 5.56. The molecule has 1 aromatic heterocycles. The Bertz CT molecular complexity index is 350. The predicted octanol–water partition coefficient (Wildman–Crippen LogP) is 2.37. The van der Waals surface area contributed by atoms with E-state index >= 15 is 0 Å². The normalized spacial score (nSPS) is 18.4. The molecule has 7 heteroatoms. The SMILES string of the molecule is FC(F)(F)SN1CCN(c2ccccn2)CC1. The molecule has 1 saturated heterocycles. The van der Waals surface area contributed by atoms with Crippen molar-refractivity contribution < 1.29 is 13.2 Å². The summed E-state index contributed by atoms with van der Waals surface area (Å²) < 4.78 is 37.8. The van der Waals surface area contributed by atoms with E-state index < -0.39 is 5.51 Å². The Morgan fingerprint density at radius 3 is 2.35 bits per heavy atom. The number of anilines is 1. The number of halogens is 3. The molecular formula is C10H12F3N3S. The third-order valence-corrected chi connectivity index (χ3v) is 3.27. The molecule has 0 amide bonds. The van der Waals surface area contributed by atoms with E-state index in [9.17, 15) is 13.2 Å². The highest BCUT2D eigenvalue weighted by molar-refractivity contribution is 7.97. The maximum Gasteiger partial charge on any atom is 0.456 e. The molecule has 0 bridgehead atoms. The Morgan fingerprint density at radius 1 is 1.12 bits per heavy atom. The van der Waals surface area contributed by atoms with Crippen LogP contribution >= 0.6 is 11.9 Å². The summed E-state index contributed by atoms with van der Waals surface area (Å²) in [6.45, 7) is 1.92. The molecule has 0 spiro atoms. The molecule has 0 N–H and O–H groups in total. The standard InChI is InChI=1S/C10H12F3N3S/c11-10(12,13)17-16-7-5-15(6-8-16)9-3-1-2-4-14-9/h1-4H,5-8H2. The molecule has 0 unspecified atom stereocenters. The Morgan fingerprint density at radius 2 is 1.82 bits per heavy atom. The number of aromatic nitrogens is 1. The van der Waals surface area contributed by atoms with Gasteiger partial charge in [-0.25, -0.2) is 9.29 Å². The van der Waals surface area contributed by atoms with Crippen molar-refractivity contribution in [2.75, 3.05) is 31.1 Å². The fourth-order valence-corrected chi connectivity index (χ4v) is 2.33. The predicted molar refractivity (Wildman–Crippen MR) is 61.7 cm³/mol. The van der Waals surface area contributed by atoms with Gasteiger partial charge in [-0.1, -0.05) is 6.07 Å². The summed E-state index contributed by atoms with van der Waals surface area (Å²) in [5, 5.41) is 0. The zero-order chi connectivity index (χ0) is 12.3. The molecule has 0 aromatic carbocycles. The van der Waals surface area contributed by atoms with Crippen molar-refractivity contribution in [2.45, 2.75) is 5.51 Å². The van der Waals surface area contributed by atoms with Crippen LogP contribution in [-0.4, -0.2) is 41.0 Å². The quantitative estimate of drug-likeness (QED) is 0.763. The van der Waals surface area contributed by atoms with E-state index in [0.717, 1.165) is 5.82 Å². The van der Waals surface area contributed by atoms with Crippen LogP contribution < -0.4 is 4.90 Å². The molecule has 17 heavy (non-hydrogen) atoms. The molecular weight excluding hydrogens is 251 g/mol. The average Bonchev–Trinajstić information content (AvgIpc) is 2.29. The monoisotopic (exact) mass is 263 g/mol. The first-order chi connectivity index (χ1) is 8.04. The van der Waals surface area contributed by atoms with Gasteiger partial charge < -0.3 is 4.90 Å². The minimum absolute atomic E-state index is 0.0388. The van der Waals surface area contributed by atoms with Gasteiger partial charge in [0, 0.05) is 44.3 Å². The van der Waals surface area contributed by atoms with E-state index in [-0.39, 0.29) is 11.9 Å². The number of alkyl halides is 3. The molecule has 94 valence electrons. The van der Waals surface area contributed by atoms with Gasteiger partial charge in [0.15, 0.2) is 0 Å². The van der Waals surface area contributed by atoms with Gasteiger partial charge >= 0.3 is 5.51 Å². The lowest BCUT2D eigenvalue weighted by Gasteiger charge is -2.34. The molecule has 0 aliphatic carbocycles. The molecule has 1 aliphatic rings. The molecule has 1 aliphatic heterocycles. The Hall–Kier alpha value is -0.950. The van der Waals surface area contributed by atoms with E-state index in [1.807, 2.05) is 23.1 Å². The van der Waals surface area contributed by atoms with Gasteiger partial charge in [0.2, 0.25) is 0 Å². The molecule has 1 fully saturated rings. The largest absolute Gasteiger partial charge is 0.456 e. The first-order valence-corrected chi connectivity index (χ1v) is 5.99. The second-order valence-electron chi connectivity index (χ2n) is 3.64. The number of rotatable bonds is 2. The number of nitrogens with zero attached hydrogens (tertiary/aromatic N) is 3. The molecule has 2 heterocycles. The minimum atomic E-state index is -4.19. The van der Waals surface area contributed by atoms with Crippen LogP contribution in [0, 0.1) is 0 Å². The van der Waals surface area contributed by atoms with E-state index in [0.29, 0.717) is 26.2 Å². The number of piperazine rings is 1. The molecule has 0 atom stereocenters. The first-order valence-electron chi connectivity index (χ1n) is 5.21. The maximum absolute atomic E-state index is 12.2. The van der Waals surface area contributed by atoms with Crippen molar-refractivity contribution in [3.05, 3.63) is 24.4 Å². The lowest BCUT2D eigenvalue weighted by molar-refractivity contribution is -0.0363. The van der Waals surface area contributed by atoms with E-state index in [1.54, 1.807) is 6.20 Å². The highest BCUT2D eigenvalue weighted by Crippen LogP contribution is 2.33. The van der Waals surface area contributed by atoms with Crippen molar-refractivity contribution in [1.29, 1.82) is 0 Å². The van der Waals surface area contributed by atoms with Crippen molar-refractivity contribution in [1.82, 2.24) is 9.29 Å². The van der Waals surface area contributed by atoms with Gasteiger partial charge in [0.1, 0.15) is 5.82 Å². The first kappa shape index (κ1) is 12.5. The van der Waals surface area contributed by atoms with E-state index in [4.69, 9.17) is 0 Å². The van der Waals surface area contributed by atoms with Gasteiger partial charge in [-0.05, 0) is 12.1 Å². The number of hydrogen-bond donors (Lipinski definition) is 0. The molecule has 0 radical (unpaired) electrons. The highest BCUT2D eigenvalue weighted by atomic mass is 32.2. The summed E-state index contributed by atoms with van der Waals surface area (Å²) in [6.07, 6.45) is 1.69. The summed E-state index contributed by atoms with van der Waals surface area (Å²) in [5.41, 5.74) is -4.19. The number of hydrogen-bond acceptors (Lipinski definition) is 4. The third-order valence-electron chi connectivity index (χ3n) is 2.44. The topological polar surface area (TPSA) is 19.4 Å². The van der Waals surface area contributed by atoms with Crippen LogP contribution in [0.25, 0.3) is 0 Å². The summed E-state index contributed by atoms with van der Waals surface area (Å²) in [4.78, 5) is 6.17. The van der Waals surface area contributed by atoms with E-state index in [1.165, 1.54) is 4.31 Å². The van der Waals surface area contributed by atoms with Gasteiger partial charge in [-0.2, -0.15) is 13.2 Å². The molecule has 1 aromatic rings. The van der Waals surface area contributed by atoms with Crippen LogP contribution in [0.2, 0.25) is 0 Å². The summed E-state index contributed by atoms with van der Waals surface area (Å²) >= 11 is -0.0388. The fourth-order valence-electron chi connectivity index (χ4n) is 1.70. The van der Waals surface area contributed by atoms with E-state index in [2.05, 4.69) is 4.98 Å². The minimum Gasteiger partial charge on any atom is -0.354 e. The Labute approximate surface area is 102 Å². The zero-order valence-corrected chi connectivity index (χ0v) is 9.84. The van der Waals surface area contributed by atoms with Crippen molar-refractivity contribution in [2.24, 2.45) is 0 Å². The van der Waals surface area contributed by atoms with Crippen LogP contribution in [0.15, 0.2) is 24.4 Å². The second-order valence-corrected chi connectivity index (χ2v) is 4.80. The maximum atomic E-state index is 12.2. The molecule has 0 saturated carbocycles. The average molecular weight is 263 g/mol. The van der Waals surface area contributed by atoms with Gasteiger partial charge in [0.25, 0.3) is 0 Å². The van der Waals surface area contributed by atoms with Crippen LogP contribution in [-0.2, 0) is 0 Å².